The average Bonchev–Trinajstić information content (AvgIpc) is 3.18. The lowest BCUT2D eigenvalue weighted by molar-refractivity contribution is -0.150. The van der Waals surface area contributed by atoms with Gasteiger partial charge in [-0.25, -0.2) is 0 Å². The zero-order valence-corrected chi connectivity index (χ0v) is 35.8. The van der Waals surface area contributed by atoms with Crippen molar-refractivity contribution in [3.8, 4) is 0 Å². The lowest BCUT2D eigenvalue weighted by Crippen LogP contribution is -2.46. The van der Waals surface area contributed by atoms with E-state index in [0.717, 1.165) is 64.2 Å². The Morgan fingerprint density at radius 2 is 1.05 bits per heavy atom. The van der Waals surface area contributed by atoms with Crippen LogP contribution in [0.2, 0.25) is 0 Å². The maximum Gasteiger partial charge on any atom is 0.306 e. The summed E-state index contributed by atoms with van der Waals surface area (Å²) in [7, 11) is 0. The second kappa shape index (κ2) is 42.4. The summed E-state index contributed by atoms with van der Waals surface area (Å²) < 4.78 is 5.84. The molecule has 0 aromatic heterocycles. The second-order valence-electron chi connectivity index (χ2n) is 15.2. The summed E-state index contributed by atoms with van der Waals surface area (Å²) in [6.07, 6.45) is 52.5. The van der Waals surface area contributed by atoms with E-state index in [9.17, 15) is 19.8 Å². The molecule has 1 amide bonds. The highest BCUT2D eigenvalue weighted by Crippen LogP contribution is 2.16. The topological polar surface area (TPSA) is 95.9 Å². The van der Waals surface area contributed by atoms with Crippen molar-refractivity contribution in [2.45, 2.75) is 219 Å². The lowest BCUT2D eigenvalue weighted by Gasteiger charge is -2.24. The Morgan fingerprint density at radius 1 is 0.564 bits per heavy atom. The molecule has 6 heteroatoms. The largest absolute Gasteiger partial charge is 0.462 e. The molecule has 0 aromatic carbocycles. The Hall–Kier alpha value is -2.70. The molecule has 0 saturated carbocycles. The Bertz CT molecular complexity index is 1040. The van der Waals surface area contributed by atoms with Gasteiger partial charge < -0.3 is 20.3 Å². The zero-order valence-electron chi connectivity index (χ0n) is 35.8. The van der Waals surface area contributed by atoms with Gasteiger partial charge >= 0.3 is 5.97 Å². The number of rotatable bonds is 39. The van der Waals surface area contributed by atoms with Gasteiger partial charge in [0.15, 0.2) is 0 Å². The highest BCUT2D eigenvalue weighted by molar-refractivity contribution is 5.77. The SMILES string of the molecule is CC/C=C/C=C/C=C/C=C\CCCCCC(CC(=O)NC(CO)C(O)CCCCCCCCCCCC)OC(=O)CC/C=C/C/C=C\CCCCCCCC. The van der Waals surface area contributed by atoms with E-state index in [1.807, 2.05) is 36.5 Å². The number of aliphatic hydroxyl groups is 2. The summed E-state index contributed by atoms with van der Waals surface area (Å²) in [4.78, 5) is 25.9. The summed E-state index contributed by atoms with van der Waals surface area (Å²) >= 11 is 0. The summed E-state index contributed by atoms with van der Waals surface area (Å²) in [5.41, 5.74) is 0. The Morgan fingerprint density at radius 3 is 1.65 bits per heavy atom. The van der Waals surface area contributed by atoms with E-state index in [1.165, 1.54) is 83.5 Å². The first-order valence-corrected chi connectivity index (χ1v) is 22.7. The van der Waals surface area contributed by atoms with Crippen LogP contribution in [0.25, 0.3) is 0 Å². The van der Waals surface area contributed by atoms with Crippen LogP contribution in [0.15, 0.2) is 72.9 Å². The first-order valence-electron chi connectivity index (χ1n) is 22.7. The van der Waals surface area contributed by atoms with Crippen LogP contribution in [0.4, 0.5) is 0 Å². The Kier molecular flexibility index (Phi) is 40.4. The first kappa shape index (κ1) is 52.3. The summed E-state index contributed by atoms with van der Waals surface area (Å²) in [5, 5.41) is 23.6. The van der Waals surface area contributed by atoms with Crippen LogP contribution in [0.3, 0.4) is 0 Å². The fourth-order valence-electron chi connectivity index (χ4n) is 6.43. The van der Waals surface area contributed by atoms with Gasteiger partial charge in [-0.3, -0.25) is 9.59 Å². The lowest BCUT2D eigenvalue weighted by atomic mass is 10.0. The van der Waals surface area contributed by atoms with Crippen molar-refractivity contribution >= 4 is 11.9 Å². The molecule has 0 aliphatic carbocycles. The first-order chi connectivity index (χ1) is 27.0. The van der Waals surface area contributed by atoms with Crippen molar-refractivity contribution in [1.29, 1.82) is 0 Å². The second-order valence-corrected chi connectivity index (χ2v) is 15.2. The minimum absolute atomic E-state index is 0.0259. The molecule has 0 aliphatic heterocycles. The van der Waals surface area contributed by atoms with E-state index in [-0.39, 0.29) is 31.3 Å². The van der Waals surface area contributed by atoms with E-state index in [2.05, 4.69) is 62.5 Å². The zero-order chi connectivity index (χ0) is 40.3. The number of carbonyl (C=O) groups excluding carboxylic acids is 2. The predicted octanol–water partition coefficient (Wildman–Crippen LogP) is 13.1. The molecule has 55 heavy (non-hydrogen) atoms. The van der Waals surface area contributed by atoms with Gasteiger partial charge in [0.2, 0.25) is 5.91 Å². The summed E-state index contributed by atoms with van der Waals surface area (Å²) in [6.45, 7) is 6.27. The number of ether oxygens (including phenoxy) is 1. The van der Waals surface area contributed by atoms with Gasteiger partial charge in [-0.1, -0.05) is 196 Å². The fourth-order valence-corrected chi connectivity index (χ4v) is 6.43. The molecule has 0 aromatic rings. The van der Waals surface area contributed by atoms with Gasteiger partial charge in [0, 0.05) is 6.42 Å². The average molecular weight is 768 g/mol. The number of unbranched alkanes of at least 4 members (excludes halogenated alkanes) is 18. The molecule has 0 spiro atoms. The molecule has 0 radical (unpaired) electrons. The number of hydrogen-bond donors (Lipinski definition) is 3. The molecule has 0 heterocycles. The van der Waals surface area contributed by atoms with Crippen LogP contribution >= 0.6 is 0 Å². The van der Waals surface area contributed by atoms with E-state index in [1.54, 1.807) is 0 Å². The Balaban J connectivity index is 4.77. The van der Waals surface area contributed by atoms with E-state index in [4.69, 9.17) is 4.74 Å². The van der Waals surface area contributed by atoms with Crippen LogP contribution < -0.4 is 5.32 Å². The third-order valence-electron chi connectivity index (χ3n) is 9.88. The van der Waals surface area contributed by atoms with Crippen molar-refractivity contribution in [1.82, 2.24) is 5.32 Å². The third-order valence-corrected chi connectivity index (χ3v) is 9.88. The van der Waals surface area contributed by atoms with Crippen LogP contribution in [0.5, 0.6) is 0 Å². The minimum atomic E-state index is -0.807. The van der Waals surface area contributed by atoms with Crippen LogP contribution in [-0.4, -0.2) is 46.9 Å². The van der Waals surface area contributed by atoms with Gasteiger partial charge in [-0.05, 0) is 64.2 Å². The number of aliphatic hydroxyl groups excluding tert-OH is 2. The number of carbonyl (C=O) groups is 2. The molecule has 6 nitrogen and oxygen atoms in total. The van der Waals surface area contributed by atoms with Gasteiger partial charge in [0.05, 0.1) is 25.2 Å². The number of hydrogen-bond acceptors (Lipinski definition) is 5. The normalized spacial score (nSPS) is 14.1. The van der Waals surface area contributed by atoms with Crippen molar-refractivity contribution in [2.75, 3.05) is 6.61 Å². The molecule has 0 rings (SSSR count). The molecule has 3 atom stereocenters. The molecule has 0 fully saturated rings. The van der Waals surface area contributed by atoms with Crippen molar-refractivity contribution in [2.24, 2.45) is 0 Å². The van der Waals surface area contributed by atoms with Crippen molar-refractivity contribution in [3.63, 3.8) is 0 Å². The maximum absolute atomic E-state index is 13.1. The van der Waals surface area contributed by atoms with Gasteiger partial charge in [0.1, 0.15) is 6.10 Å². The maximum atomic E-state index is 13.1. The summed E-state index contributed by atoms with van der Waals surface area (Å²) in [5.74, 6) is -0.602. The molecule has 0 bridgehead atoms. The standard InChI is InChI=1S/C49H85NO5/c1-4-7-10-13-16-19-22-24-26-28-31-34-37-40-45(55-49(54)42-39-36-33-30-27-25-23-20-17-14-11-8-5-2)43-48(53)50-46(44-51)47(52)41-38-35-32-29-21-18-15-12-9-6-3/h7,10,13,16,19,22,24-27,33,36,45-47,51-52H,4-6,8-9,11-12,14-15,17-18,20-21,23,28-32,34-35,37-44H2,1-3H3,(H,50,53)/b10-7+,16-13+,22-19+,26-24-,27-25-,36-33+. The van der Waals surface area contributed by atoms with E-state index >= 15 is 0 Å². The van der Waals surface area contributed by atoms with E-state index in [0.29, 0.717) is 19.3 Å². The molecule has 3 unspecified atom stereocenters. The number of nitrogens with one attached hydrogen (secondary N) is 1. The van der Waals surface area contributed by atoms with Gasteiger partial charge in [-0.2, -0.15) is 0 Å². The summed E-state index contributed by atoms with van der Waals surface area (Å²) in [6, 6.07) is -0.725. The van der Waals surface area contributed by atoms with Crippen LogP contribution in [0, 0.1) is 0 Å². The molecule has 316 valence electrons. The Labute approximate surface area is 339 Å². The molecular weight excluding hydrogens is 683 g/mol. The monoisotopic (exact) mass is 768 g/mol. The molecular formula is C49H85NO5. The van der Waals surface area contributed by atoms with Crippen LogP contribution in [-0.2, 0) is 14.3 Å². The highest BCUT2D eigenvalue weighted by Gasteiger charge is 2.23. The number of esters is 1. The minimum Gasteiger partial charge on any atom is -0.462 e. The fraction of sp³-hybridized carbons (Fsp3) is 0.714. The predicted molar refractivity (Wildman–Crippen MR) is 236 cm³/mol. The molecule has 0 aliphatic rings. The van der Waals surface area contributed by atoms with Crippen molar-refractivity contribution in [3.05, 3.63) is 72.9 Å². The third kappa shape index (κ3) is 38.0. The quantitative estimate of drug-likeness (QED) is 0.0250. The molecule has 3 N–H and O–H groups in total. The number of allylic oxidation sites excluding steroid dienone is 12. The smallest absolute Gasteiger partial charge is 0.306 e. The molecule has 0 saturated heterocycles. The van der Waals surface area contributed by atoms with Crippen LogP contribution in [0.1, 0.15) is 201 Å². The van der Waals surface area contributed by atoms with Gasteiger partial charge in [0.25, 0.3) is 0 Å². The highest BCUT2D eigenvalue weighted by atomic mass is 16.5. The number of amides is 1. The van der Waals surface area contributed by atoms with Crippen molar-refractivity contribution < 1.29 is 24.5 Å². The van der Waals surface area contributed by atoms with Gasteiger partial charge in [-0.15, -0.1) is 0 Å². The van der Waals surface area contributed by atoms with E-state index < -0.39 is 18.2 Å².